The minimum Gasteiger partial charge on any atom is -0.316 e. The van der Waals surface area contributed by atoms with Crippen molar-refractivity contribution in [3.8, 4) is 0 Å². The molecule has 0 amide bonds. The first-order valence-electron chi connectivity index (χ1n) is 6.08. The predicted octanol–water partition coefficient (Wildman–Crippen LogP) is 1.66. The first-order chi connectivity index (χ1) is 8.90. The molecule has 0 aromatic heterocycles. The van der Waals surface area contributed by atoms with Crippen LogP contribution in [0.3, 0.4) is 0 Å². The van der Waals surface area contributed by atoms with Gasteiger partial charge in [-0.1, -0.05) is 6.92 Å². The number of sulfonamides is 1. The maximum Gasteiger partial charge on any atom is 0.243 e. The van der Waals surface area contributed by atoms with E-state index in [-0.39, 0.29) is 24.4 Å². The van der Waals surface area contributed by atoms with Gasteiger partial charge in [0.25, 0.3) is 0 Å². The minimum absolute atomic E-state index is 0. The zero-order valence-electron chi connectivity index (χ0n) is 10.9. The molecule has 4 nitrogen and oxygen atoms in total. The van der Waals surface area contributed by atoms with Crippen LogP contribution in [0.15, 0.2) is 23.1 Å². The largest absolute Gasteiger partial charge is 0.316 e. The fourth-order valence-electron chi connectivity index (χ4n) is 2.14. The smallest absolute Gasteiger partial charge is 0.243 e. The molecule has 1 aliphatic rings. The number of benzene rings is 1. The number of halogens is 3. The van der Waals surface area contributed by atoms with Crippen LogP contribution in [-0.2, 0) is 10.0 Å². The third-order valence-corrected chi connectivity index (χ3v) is 4.78. The molecule has 0 radical (unpaired) electrons. The Bertz CT molecular complexity index is 569. The first-order valence-corrected chi connectivity index (χ1v) is 7.56. The summed E-state index contributed by atoms with van der Waals surface area (Å²) in [7, 11) is -4.04. The first kappa shape index (κ1) is 17.3. The summed E-state index contributed by atoms with van der Waals surface area (Å²) < 4.78 is 53.2. The summed E-state index contributed by atoms with van der Waals surface area (Å²) >= 11 is 0. The van der Waals surface area contributed by atoms with Crippen LogP contribution >= 0.6 is 12.4 Å². The van der Waals surface area contributed by atoms with E-state index in [4.69, 9.17) is 0 Å². The van der Waals surface area contributed by atoms with Crippen molar-refractivity contribution in [2.24, 2.45) is 5.92 Å². The molecule has 0 saturated carbocycles. The van der Waals surface area contributed by atoms with E-state index in [2.05, 4.69) is 10.0 Å². The van der Waals surface area contributed by atoms with E-state index in [0.717, 1.165) is 12.1 Å². The molecule has 0 bridgehead atoms. The molecule has 8 heteroatoms. The molecule has 2 N–H and O–H groups in total. The Balaban J connectivity index is 0.00000200. The average molecular weight is 327 g/mol. The molecule has 1 saturated heterocycles. The Morgan fingerprint density at radius 1 is 1.35 bits per heavy atom. The van der Waals surface area contributed by atoms with Gasteiger partial charge >= 0.3 is 0 Å². The number of piperidine rings is 1. The number of hydrogen-bond acceptors (Lipinski definition) is 3. The van der Waals surface area contributed by atoms with Gasteiger partial charge in [0, 0.05) is 6.04 Å². The van der Waals surface area contributed by atoms with Gasteiger partial charge in [0.15, 0.2) is 0 Å². The third kappa shape index (κ3) is 3.88. The fraction of sp³-hybridized carbons (Fsp3) is 0.500. The second-order valence-corrected chi connectivity index (χ2v) is 6.46. The monoisotopic (exact) mass is 326 g/mol. The maximum atomic E-state index is 13.5. The Morgan fingerprint density at radius 2 is 2.05 bits per heavy atom. The Kier molecular flexibility index (Phi) is 5.88. The van der Waals surface area contributed by atoms with Crippen LogP contribution in [0.1, 0.15) is 13.3 Å². The summed E-state index contributed by atoms with van der Waals surface area (Å²) in [6.07, 6.45) is 0.622. The van der Waals surface area contributed by atoms with E-state index in [1.165, 1.54) is 0 Å². The molecule has 1 aromatic rings. The molecule has 20 heavy (non-hydrogen) atoms. The molecule has 2 rings (SSSR count). The lowest BCUT2D eigenvalue weighted by Gasteiger charge is -2.29. The quantitative estimate of drug-likeness (QED) is 0.888. The Morgan fingerprint density at radius 3 is 2.70 bits per heavy atom. The summed E-state index contributed by atoms with van der Waals surface area (Å²) in [5, 5.41) is 3.14. The average Bonchev–Trinajstić information content (AvgIpc) is 2.35. The zero-order valence-corrected chi connectivity index (χ0v) is 12.5. The van der Waals surface area contributed by atoms with Crippen LogP contribution < -0.4 is 10.0 Å². The van der Waals surface area contributed by atoms with E-state index in [1.54, 1.807) is 0 Å². The van der Waals surface area contributed by atoms with Gasteiger partial charge in [0.05, 0.1) is 0 Å². The topological polar surface area (TPSA) is 58.2 Å². The van der Waals surface area contributed by atoms with Crippen LogP contribution in [-0.4, -0.2) is 27.5 Å². The molecule has 1 fully saturated rings. The van der Waals surface area contributed by atoms with Gasteiger partial charge < -0.3 is 5.32 Å². The molecule has 0 aliphatic carbocycles. The standard InChI is InChI=1S/C12H16F2N2O2S.ClH/c1-8-7-15-5-4-11(8)16-19(17,18)12-6-9(13)2-3-10(12)14;/h2-3,6,8,11,15-16H,4-5,7H2,1H3;1H. The Labute approximate surface area is 123 Å². The van der Waals surface area contributed by atoms with E-state index in [0.29, 0.717) is 25.6 Å². The van der Waals surface area contributed by atoms with Crippen molar-refractivity contribution in [1.29, 1.82) is 0 Å². The number of nitrogens with one attached hydrogen (secondary N) is 2. The molecule has 114 valence electrons. The maximum absolute atomic E-state index is 13.5. The highest BCUT2D eigenvalue weighted by molar-refractivity contribution is 7.89. The lowest BCUT2D eigenvalue weighted by atomic mass is 9.97. The van der Waals surface area contributed by atoms with Crippen LogP contribution in [0, 0.1) is 17.6 Å². The van der Waals surface area contributed by atoms with Gasteiger partial charge in [-0.15, -0.1) is 12.4 Å². The van der Waals surface area contributed by atoms with Gasteiger partial charge in [-0.25, -0.2) is 21.9 Å². The molecule has 2 atom stereocenters. The SMILES string of the molecule is CC1CNCCC1NS(=O)(=O)c1cc(F)ccc1F.Cl. The van der Waals surface area contributed by atoms with Crippen molar-refractivity contribution < 1.29 is 17.2 Å². The lowest BCUT2D eigenvalue weighted by Crippen LogP contribution is -2.48. The summed E-state index contributed by atoms with van der Waals surface area (Å²) in [5.41, 5.74) is 0. The predicted molar refractivity (Wildman–Crippen MR) is 74.4 cm³/mol. The Hall–Kier alpha value is -0.760. The summed E-state index contributed by atoms with van der Waals surface area (Å²) in [5.74, 6) is -1.63. The van der Waals surface area contributed by atoms with Crippen molar-refractivity contribution in [3.05, 3.63) is 29.8 Å². The van der Waals surface area contributed by atoms with E-state index in [1.807, 2.05) is 6.92 Å². The minimum atomic E-state index is -4.04. The van der Waals surface area contributed by atoms with Gasteiger partial charge in [0.2, 0.25) is 10.0 Å². The van der Waals surface area contributed by atoms with Crippen LogP contribution in [0.5, 0.6) is 0 Å². The highest BCUT2D eigenvalue weighted by atomic mass is 35.5. The summed E-state index contributed by atoms with van der Waals surface area (Å²) in [4.78, 5) is -0.641. The normalized spacial score (nSPS) is 23.1. The molecular weight excluding hydrogens is 310 g/mol. The third-order valence-electron chi connectivity index (χ3n) is 3.27. The molecular formula is C12H17ClF2N2O2S. The van der Waals surface area contributed by atoms with Crippen molar-refractivity contribution in [1.82, 2.24) is 10.0 Å². The van der Waals surface area contributed by atoms with Gasteiger partial charge in [-0.3, -0.25) is 0 Å². The summed E-state index contributed by atoms with van der Waals surface area (Å²) in [6, 6.07) is 2.13. The van der Waals surface area contributed by atoms with Crippen LogP contribution in [0.2, 0.25) is 0 Å². The van der Waals surface area contributed by atoms with E-state index in [9.17, 15) is 17.2 Å². The van der Waals surface area contributed by atoms with Crippen LogP contribution in [0.25, 0.3) is 0 Å². The second-order valence-electron chi connectivity index (χ2n) is 4.77. The van der Waals surface area contributed by atoms with Crippen molar-refractivity contribution in [2.75, 3.05) is 13.1 Å². The molecule has 0 spiro atoms. The fourth-order valence-corrected chi connectivity index (χ4v) is 3.60. The van der Waals surface area contributed by atoms with Crippen molar-refractivity contribution in [2.45, 2.75) is 24.3 Å². The van der Waals surface area contributed by atoms with Gasteiger partial charge in [0.1, 0.15) is 16.5 Å². The lowest BCUT2D eigenvalue weighted by molar-refractivity contribution is 0.327. The zero-order chi connectivity index (χ0) is 14.0. The van der Waals surface area contributed by atoms with E-state index >= 15 is 0 Å². The second kappa shape index (κ2) is 6.80. The highest BCUT2D eigenvalue weighted by Gasteiger charge is 2.28. The van der Waals surface area contributed by atoms with E-state index < -0.39 is 26.6 Å². The molecule has 1 aliphatic heterocycles. The van der Waals surface area contributed by atoms with Crippen molar-refractivity contribution >= 4 is 22.4 Å². The van der Waals surface area contributed by atoms with Gasteiger partial charge in [-0.05, 0) is 43.6 Å². The molecule has 2 unspecified atom stereocenters. The van der Waals surface area contributed by atoms with Gasteiger partial charge in [-0.2, -0.15) is 0 Å². The number of rotatable bonds is 3. The van der Waals surface area contributed by atoms with Crippen LogP contribution in [0.4, 0.5) is 8.78 Å². The molecule has 1 heterocycles. The number of hydrogen-bond donors (Lipinski definition) is 2. The highest BCUT2D eigenvalue weighted by Crippen LogP contribution is 2.19. The van der Waals surface area contributed by atoms with Crippen molar-refractivity contribution in [3.63, 3.8) is 0 Å². The summed E-state index contributed by atoms with van der Waals surface area (Å²) in [6.45, 7) is 3.29. The molecule has 1 aromatic carbocycles.